The number of fused-ring (bicyclic) bond motifs is 9. The molecular weight excluding hydrogens is 456 g/mol. The standard InChI is InChI=1S/C29H34N2O5/c32-26-9-5-4-6-19-10-13-23(14-11-19)36-24-15-12-21-17-25(29(34)35)31(18-22(21)16-24)28(33)27(30-26)20-7-2-1-3-8-20/h10-16,20,25,27H,1-9,17-18H2,(H,30,32)(H,34,35)/t25-,27-/m0/s1. The van der Waals surface area contributed by atoms with Gasteiger partial charge >= 0.3 is 5.97 Å². The molecule has 3 aliphatic heterocycles. The van der Waals surface area contributed by atoms with Crippen molar-refractivity contribution < 1.29 is 24.2 Å². The molecule has 2 aromatic rings. The molecule has 3 heterocycles. The van der Waals surface area contributed by atoms with Crippen LogP contribution in [0.3, 0.4) is 0 Å². The van der Waals surface area contributed by atoms with Crippen LogP contribution in [0.25, 0.3) is 0 Å². The molecule has 36 heavy (non-hydrogen) atoms. The number of carboxylic acid groups (broad SMARTS) is 1. The lowest BCUT2D eigenvalue weighted by atomic mass is 9.82. The molecule has 4 aliphatic rings. The molecule has 2 atom stereocenters. The lowest BCUT2D eigenvalue weighted by molar-refractivity contribution is -0.153. The van der Waals surface area contributed by atoms with Crippen molar-refractivity contribution in [1.82, 2.24) is 10.2 Å². The molecule has 1 saturated carbocycles. The number of nitrogens with one attached hydrogen (secondary N) is 1. The molecule has 1 aliphatic carbocycles. The fourth-order valence-electron chi connectivity index (χ4n) is 5.82. The summed E-state index contributed by atoms with van der Waals surface area (Å²) in [5.74, 6) is -0.0230. The second kappa shape index (κ2) is 10.7. The highest BCUT2D eigenvalue weighted by molar-refractivity contribution is 5.91. The molecule has 2 aromatic carbocycles. The summed E-state index contributed by atoms with van der Waals surface area (Å²) in [5.41, 5.74) is 2.98. The molecule has 0 unspecified atom stereocenters. The minimum absolute atomic E-state index is 0.0317. The van der Waals surface area contributed by atoms with Gasteiger partial charge in [-0.3, -0.25) is 9.59 Å². The van der Waals surface area contributed by atoms with Crippen LogP contribution >= 0.6 is 0 Å². The van der Waals surface area contributed by atoms with E-state index in [1.807, 2.05) is 42.5 Å². The molecule has 0 radical (unpaired) electrons. The third kappa shape index (κ3) is 5.40. The van der Waals surface area contributed by atoms with Crippen molar-refractivity contribution in [2.24, 2.45) is 5.92 Å². The number of amides is 2. The van der Waals surface area contributed by atoms with Crippen molar-refractivity contribution in [3.8, 4) is 11.5 Å². The number of ether oxygens (including phenoxy) is 1. The number of carbonyl (C=O) groups is 3. The van der Waals surface area contributed by atoms with Gasteiger partial charge in [-0.2, -0.15) is 0 Å². The van der Waals surface area contributed by atoms with Crippen LogP contribution in [0.15, 0.2) is 42.5 Å². The Morgan fingerprint density at radius 1 is 0.889 bits per heavy atom. The second-order valence-electron chi connectivity index (χ2n) is 10.4. The van der Waals surface area contributed by atoms with E-state index in [0.29, 0.717) is 12.2 Å². The Balaban J connectivity index is 1.50. The monoisotopic (exact) mass is 490 g/mol. The Labute approximate surface area is 211 Å². The molecule has 1 fully saturated rings. The van der Waals surface area contributed by atoms with E-state index in [9.17, 15) is 19.5 Å². The van der Waals surface area contributed by atoms with Crippen LogP contribution in [0.2, 0.25) is 0 Å². The number of hydrogen-bond acceptors (Lipinski definition) is 4. The number of rotatable bonds is 2. The largest absolute Gasteiger partial charge is 0.480 e. The number of aryl methyl sites for hydroxylation is 1. The molecule has 7 nitrogen and oxygen atoms in total. The Morgan fingerprint density at radius 3 is 2.36 bits per heavy atom. The molecular formula is C29H34N2O5. The Bertz CT molecular complexity index is 1120. The average Bonchev–Trinajstić information content (AvgIpc) is 2.89. The van der Waals surface area contributed by atoms with Gasteiger partial charge in [-0.1, -0.05) is 37.5 Å². The summed E-state index contributed by atoms with van der Waals surface area (Å²) in [6.45, 7) is 0.181. The third-order valence-corrected chi connectivity index (χ3v) is 7.86. The maximum Gasteiger partial charge on any atom is 0.326 e. The van der Waals surface area contributed by atoms with Gasteiger partial charge in [-0.25, -0.2) is 4.79 Å². The number of aliphatic carboxylic acids is 1. The van der Waals surface area contributed by atoms with Crippen molar-refractivity contribution in [2.45, 2.75) is 82.8 Å². The maximum atomic E-state index is 13.9. The van der Waals surface area contributed by atoms with E-state index in [4.69, 9.17) is 4.74 Å². The normalized spacial score (nSPS) is 23.5. The highest BCUT2D eigenvalue weighted by Gasteiger charge is 2.41. The first-order chi connectivity index (χ1) is 17.5. The summed E-state index contributed by atoms with van der Waals surface area (Å²) < 4.78 is 6.09. The third-order valence-electron chi connectivity index (χ3n) is 7.86. The van der Waals surface area contributed by atoms with Crippen molar-refractivity contribution in [1.29, 1.82) is 0 Å². The van der Waals surface area contributed by atoms with E-state index in [1.54, 1.807) is 0 Å². The van der Waals surface area contributed by atoms with Crippen LogP contribution < -0.4 is 10.1 Å². The number of hydrogen-bond donors (Lipinski definition) is 2. The fraction of sp³-hybridized carbons (Fsp3) is 0.483. The van der Waals surface area contributed by atoms with Crippen LogP contribution in [0.5, 0.6) is 11.5 Å². The Morgan fingerprint density at radius 2 is 1.61 bits per heavy atom. The van der Waals surface area contributed by atoms with Gasteiger partial charge in [0.05, 0.1) is 0 Å². The molecule has 7 heteroatoms. The Kier molecular flexibility index (Phi) is 7.25. The van der Waals surface area contributed by atoms with Crippen LogP contribution in [0.4, 0.5) is 0 Å². The number of carbonyl (C=O) groups excluding carboxylic acids is 2. The van der Waals surface area contributed by atoms with Crippen LogP contribution in [-0.2, 0) is 33.8 Å². The second-order valence-corrected chi connectivity index (χ2v) is 10.4. The van der Waals surface area contributed by atoms with Gasteiger partial charge in [0.15, 0.2) is 0 Å². The zero-order valence-electron chi connectivity index (χ0n) is 20.6. The smallest absolute Gasteiger partial charge is 0.326 e. The number of carboxylic acids is 1. The van der Waals surface area contributed by atoms with Crippen molar-refractivity contribution in [3.63, 3.8) is 0 Å². The van der Waals surface area contributed by atoms with Crippen LogP contribution in [0.1, 0.15) is 68.1 Å². The van der Waals surface area contributed by atoms with Gasteiger partial charge in [0, 0.05) is 19.4 Å². The van der Waals surface area contributed by atoms with Crippen molar-refractivity contribution in [3.05, 3.63) is 59.2 Å². The average molecular weight is 491 g/mol. The lowest BCUT2D eigenvalue weighted by Crippen LogP contribution is -2.58. The van der Waals surface area contributed by atoms with Gasteiger partial charge in [-0.05, 0) is 79.0 Å². The minimum atomic E-state index is -1.02. The van der Waals surface area contributed by atoms with Crippen LogP contribution in [-0.4, -0.2) is 39.9 Å². The zero-order chi connectivity index (χ0) is 25.1. The zero-order valence-corrected chi connectivity index (χ0v) is 20.6. The van der Waals surface area contributed by atoms with E-state index < -0.39 is 18.1 Å². The summed E-state index contributed by atoms with van der Waals surface area (Å²) in [6.07, 6.45) is 7.96. The lowest BCUT2D eigenvalue weighted by Gasteiger charge is -2.39. The maximum absolute atomic E-state index is 13.9. The molecule has 6 rings (SSSR count). The van der Waals surface area contributed by atoms with E-state index in [2.05, 4.69) is 5.32 Å². The molecule has 5 bridgehead atoms. The number of benzene rings is 2. The topological polar surface area (TPSA) is 95.9 Å². The summed E-state index contributed by atoms with van der Waals surface area (Å²) in [7, 11) is 0. The van der Waals surface area contributed by atoms with Gasteiger partial charge in [0.2, 0.25) is 11.8 Å². The molecule has 0 saturated heterocycles. The highest BCUT2D eigenvalue weighted by Crippen LogP contribution is 2.33. The van der Waals surface area contributed by atoms with Gasteiger partial charge in [0.25, 0.3) is 0 Å². The Hall–Kier alpha value is -3.35. The quantitative estimate of drug-likeness (QED) is 0.641. The van der Waals surface area contributed by atoms with E-state index in [1.165, 1.54) is 10.5 Å². The summed E-state index contributed by atoms with van der Waals surface area (Å²) in [4.78, 5) is 40.6. The molecule has 190 valence electrons. The van der Waals surface area contributed by atoms with E-state index in [0.717, 1.165) is 68.2 Å². The van der Waals surface area contributed by atoms with Gasteiger partial charge in [-0.15, -0.1) is 0 Å². The molecule has 0 aromatic heterocycles. The predicted molar refractivity (Wildman–Crippen MR) is 135 cm³/mol. The minimum Gasteiger partial charge on any atom is -0.480 e. The first-order valence-corrected chi connectivity index (χ1v) is 13.2. The summed E-state index contributed by atoms with van der Waals surface area (Å²) in [5, 5.41) is 13.1. The van der Waals surface area contributed by atoms with E-state index in [-0.39, 0.29) is 30.7 Å². The highest BCUT2D eigenvalue weighted by atomic mass is 16.5. The van der Waals surface area contributed by atoms with E-state index >= 15 is 0 Å². The van der Waals surface area contributed by atoms with Gasteiger partial charge < -0.3 is 20.1 Å². The summed E-state index contributed by atoms with van der Waals surface area (Å²) in [6, 6.07) is 12.0. The summed E-state index contributed by atoms with van der Waals surface area (Å²) >= 11 is 0. The first-order valence-electron chi connectivity index (χ1n) is 13.2. The first kappa shape index (κ1) is 24.3. The van der Waals surface area contributed by atoms with Crippen molar-refractivity contribution >= 4 is 17.8 Å². The predicted octanol–water partition coefficient (Wildman–Crippen LogP) is 4.61. The van der Waals surface area contributed by atoms with Gasteiger partial charge in [0.1, 0.15) is 23.6 Å². The fourth-order valence-corrected chi connectivity index (χ4v) is 5.82. The molecule has 0 spiro atoms. The van der Waals surface area contributed by atoms with Crippen LogP contribution in [0, 0.1) is 5.92 Å². The molecule has 2 N–H and O–H groups in total. The number of nitrogens with zero attached hydrogens (tertiary/aromatic N) is 1. The SMILES string of the molecule is O=C1CCCCc2ccc(cc2)Oc2ccc3c(c2)CN(C(=O)[C@H](C2CCCCC2)N1)[C@H](C(=O)O)C3. The molecule has 2 amide bonds. The van der Waals surface area contributed by atoms with Crippen molar-refractivity contribution in [2.75, 3.05) is 0 Å².